The maximum Gasteiger partial charge on any atom is 0.161 e. The van der Waals surface area contributed by atoms with E-state index < -0.39 is 0 Å². The van der Waals surface area contributed by atoms with E-state index in [1.165, 1.54) is 15.5 Å². The average molecular weight is 696 g/mol. The third-order valence-corrected chi connectivity index (χ3v) is 11.4. The fourth-order valence-electron chi connectivity index (χ4n) is 7.82. The van der Waals surface area contributed by atoms with E-state index >= 15 is 0 Å². The highest BCUT2D eigenvalue weighted by molar-refractivity contribution is 7.26. The van der Waals surface area contributed by atoms with Crippen molar-refractivity contribution in [1.29, 1.82) is 0 Å². The van der Waals surface area contributed by atoms with E-state index in [-0.39, 0.29) is 0 Å². The second-order valence-corrected chi connectivity index (χ2v) is 14.4. The van der Waals surface area contributed by atoms with Gasteiger partial charge in [-0.2, -0.15) is 0 Å². The third kappa shape index (κ3) is 4.75. The zero-order chi connectivity index (χ0) is 34.9. The molecule has 8 aromatic carbocycles. The summed E-state index contributed by atoms with van der Waals surface area (Å²) in [5.74, 6) is 0.678. The fourth-order valence-corrected chi connectivity index (χ4v) is 8.98. The summed E-state index contributed by atoms with van der Waals surface area (Å²) >= 11 is 1.75. The topological polar surface area (TPSA) is 42.2 Å². The monoisotopic (exact) mass is 695 g/mol. The number of fused-ring (bicyclic) bond motifs is 9. The summed E-state index contributed by atoms with van der Waals surface area (Å²) in [5.41, 5.74) is 8.79. The van der Waals surface area contributed by atoms with Crippen molar-refractivity contribution in [3.05, 3.63) is 176 Å². The number of rotatable bonds is 5. The third-order valence-electron chi connectivity index (χ3n) is 10.2. The summed E-state index contributed by atoms with van der Waals surface area (Å²) in [5, 5.41) is 7.71. The first-order valence-corrected chi connectivity index (χ1v) is 18.6. The quantitative estimate of drug-likeness (QED) is 0.180. The lowest BCUT2D eigenvalue weighted by Crippen LogP contribution is -2.10. The molecule has 4 nitrogen and oxygen atoms in total. The molecule has 11 rings (SSSR count). The highest BCUT2D eigenvalue weighted by Crippen LogP contribution is 2.47. The van der Waals surface area contributed by atoms with E-state index in [1.54, 1.807) is 11.3 Å². The number of thiophene rings is 1. The second kappa shape index (κ2) is 11.9. The Morgan fingerprint density at radius 2 is 1.23 bits per heavy atom. The van der Waals surface area contributed by atoms with Crippen LogP contribution in [0, 0.1) is 0 Å². The Hall–Kier alpha value is -6.82. The highest BCUT2D eigenvalue weighted by atomic mass is 32.1. The van der Waals surface area contributed by atoms with Crippen LogP contribution in [0.15, 0.2) is 180 Å². The Balaban J connectivity index is 1.22. The predicted octanol–water partition coefficient (Wildman–Crippen LogP) is 13.9. The van der Waals surface area contributed by atoms with Crippen molar-refractivity contribution in [3.8, 4) is 22.6 Å². The minimum atomic E-state index is 0.678. The smallest absolute Gasteiger partial charge is 0.161 e. The van der Waals surface area contributed by atoms with Crippen molar-refractivity contribution < 1.29 is 4.42 Å². The van der Waals surface area contributed by atoms with Gasteiger partial charge in [-0.25, -0.2) is 9.97 Å². The van der Waals surface area contributed by atoms with Gasteiger partial charge in [-0.3, -0.25) is 0 Å². The zero-order valence-electron chi connectivity index (χ0n) is 28.4. The minimum absolute atomic E-state index is 0.678. The first-order valence-electron chi connectivity index (χ1n) is 17.7. The van der Waals surface area contributed by atoms with Crippen LogP contribution in [0.5, 0.6) is 0 Å². The van der Waals surface area contributed by atoms with Gasteiger partial charge in [-0.15, -0.1) is 11.3 Å². The molecule has 0 saturated carbocycles. The molecule has 0 amide bonds. The lowest BCUT2D eigenvalue weighted by molar-refractivity contribution is 0.672. The summed E-state index contributed by atoms with van der Waals surface area (Å²) in [7, 11) is 0. The Labute approximate surface area is 308 Å². The molecule has 0 aliphatic carbocycles. The highest BCUT2D eigenvalue weighted by Gasteiger charge is 2.24. The fraction of sp³-hybridized carbons (Fsp3) is 0. The molecule has 248 valence electrons. The van der Waals surface area contributed by atoms with Crippen molar-refractivity contribution >= 4 is 92.2 Å². The van der Waals surface area contributed by atoms with Crippen LogP contribution in [0.2, 0.25) is 0 Å². The second-order valence-electron chi connectivity index (χ2n) is 13.3. The van der Waals surface area contributed by atoms with Crippen LogP contribution in [-0.4, -0.2) is 9.97 Å². The molecule has 0 N–H and O–H groups in total. The van der Waals surface area contributed by atoms with Crippen LogP contribution < -0.4 is 4.90 Å². The largest absolute Gasteiger partial charge is 0.455 e. The van der Waals surface area contributed by atoms with Gasteiger partial charge in [0.25, 0.3) is 0 Å². The van der Waals surface area contributed by atoms with Gasteiger partial charge in [0.1, 0.15) is 11.2 Å². The first kappa shape index (κ1) is 29.9. The number of anilines is 3. The van der Waals surface area contributed by atoms with Crippen molar-refractivity contribution in [2.24, 2.45) is 0 Å². The number of hydrogen-bond donors (Lipinski definition) is 0. The van der Waals surface area contributed by atoms with Crippen LogP contribution >= 0.6 is 11.3 Å². The van der Waals surface area contributed by atoms with E-state index in [0.29, 0.717) is 5.82 Å². The molecule has 0 fully saturated rings. The summed E-state index contributed by atoms with van der Waals surface area (Å²) in [6.07, 6.45) is 0. The number of hydrogen-bond acceptors (Lipinski definition) is 5. The van der Waals surface area contributed by atoms with Gasteiger partial charge in [-0.1, -0.05) is 133 Å². The van der Waals surface area contributed by atoms with Crippen LogP contribution in [0.1, 0.15) is 0 Å². The summed E-state index contributed by atoms with van der Waals surface area (Å²) in [6, 6.07) is 61.9. The minimum Gasteiger partial charge on any atom is -0.455 e. The molecule has 0 saturated heterocycles. The molecule has 11 aromatic rings. The number of furan rings is 1. The molecule has 0 bridgehead atoms. The number of para-hydroxylation sites is 1. The Morgan fingerprint density at radius 1 is 0.509 bits per heavy atom. The maximum atomic E-state index is 6.82. The van der Waals surface area contributed by atoms with Crippen molar-refractivity contribution in [3.63, 3.8) is 0 Å². The van der Waals surface area contributed by atoms with Gasteiger partial charge < -0.3 is 9.32 Å². The molecule has 0 atom stereocenters. The van der Waals surface area contributed by atoms with E-state index in [9.17, 15) is 0 Å². The van der Waals surface area contributed by atoms with Gasteiger partial charge >= 0.3 is 0 Å². The van der Waals surface area contributed by atoms with Gasteiger partial charge in [-0.05, 0) is 53.2 Å². The Bertz CT molecular complexity index is 3180. The normalized spacial score (nSPS) is 11.8. The maximum absolute atomic E-state index is 6.82. The lowest BCUT2D eigenvalue weighted by atomic mass is 9.99. The standard InChI is InChI=1S/C48H29N3OS/c1-3-15-31(16-4-1)44-47-45(37-22-11-12-25-42(37)53-47)50-48(49-44)38-23-13-24-41-43(38)39-29-40(35-20-9-10-21-36(35)46(39)52-41)51(33-18-5-2-6-19-33)34-27-26-30-14-7-8-17-32(30)28-34/h1-29H. The molecule has 3 aromatic heterocycles. The molecule has 0 radical (unpaired) electrons. The predicted molar refractivity (Wildman–Crippen MR) is 223 cm³/mol. The van der Waals surface area contributed by atoms with Gasteiger partial charge in [0.15, 0.2) is 5.82 Å². The van der Waals surface area contributed by atoms with Gasteiger partial charge in [0, 0.05) is 54.1 Å². The van der Waals surface area contributed by atoms with Crippen LogP contribution in [0.25, 0.3) is 86.4 Å². The van der Waals surface area contributed by atoms with Gasteiger partial charge in [0.2, 0.25) is 0 Å². The molecule has 0 spiro atoms. The lowest BCUT2D eigenvalue weighted by Gasteiger charge is -2.27. The van der Waals surface area contributed by atoms with E-state index in [2.05, 4.69) is 175 Å². The first-order chi connectivity index (χ1) is 26.3. The van der Waals surface area contributed by atoms with Crippen molar-refractivity contribution in [2.45, 2.75) is 0 Å². The number of benzene rings is 8. The molecule has 53 heavy (non-hydrogen) atoms. The van der Waals surface area contributed by atoms with Crippen LogP contribution in [-0.2, 0) is 0 Å². The number of nitrogens with zero attached hydrogens (tertiary/aromatic N) is 3. The summed E-state index contributed by atoms with van der Waals surface area (Å²) in [4.78, 5) is 13.1. The molecular weight excluding hydrogens is 667 g/mol. The molecular formula is C48H29N3OS. The van der Waals surface area contributed by atoms with Crippen molar-refractivity contribution in [2.75, 3.05) is 4.90 Å². The van der Waals surface area contributed by atoms with E-state index in [0.717, 1.165) is 82.2 Å². The molecule has 0 aliphatic heterocycles. The summed E-state index contributed by atoms with van der Waals surface area (Å²) < 4.78 is 9.11. The average Bonchev–Trinajstić information content (AvgIpc) is 3.80. The van der Waals surface area contributed by atoms with Crippen LogP contribution in [0.3, 0.4) is 0 Å². The molecule has 0 aliphatic rings. The number of aromatic nitrogens is 2. The molecule has 5 heteroatoms. The van der Waals surface area contributed by atoms with E-state index in [4.69, 9.17) is 14.4 Å². The van der Waals surface area contributed by atoms with Crippen LogP contribution in [0.4, 0.5) is 17.1 Å². The Kier molecular flexibility index (Phi) is 6.69. The van der Waals surface area contributed by atoms with Gasteiger partial charge in [0.05, 0.1) is 21.6 Å². The SMILES string of the molecule is c1ccc(-c2nc(-c3cccc4oc5c6ccccc6c(N(c6ccccc6)c6ccc7ccccc7c6)cc5c34)nc3c2sc2ccccc23)cc1. The van der Waals surface area contributed by atoms with E-state index in [1.807, 2.05) is 6.07 Å². The molecule has 0 unspecified atom stereocenters. The van der Waals surface area contributed by atoms with Crippen molar-refractivity contribution in [1.82, 2.24) is 9.97 Å². The Morgan fingerprint density at radius 3 is 2.08 bits per heavy atom. The zero-order valence-corrected chi connectivity index (χ0v) is 29.2. The summed E-state index contributed by atoms with van der Waals surface area (Å²) in [6.45, 7) is 0. The molecule has 3 heterocycles.